The fourth-order valence-corrected chi connectivity index (χ4v) is 3.42. The molecular formula is C12H20ClNO2. The molecule has 1 aliphatic carbocycles. The van der Waals surface area contributed by atoms with Gasteiger partial charge in [0.05, 0.1) is 0 Å². The van der Waals surface area contributed by atoms with Crippen LogP contribution in [0.25, 0.3) is 0 Å². The first-order chi connectivity index (χ1) is 7.68. The molecule has 2 fully saturated rings. The van der Waals surface area contributed by atoms with Crippen molar-refractivity contribution in [1.82, 2.24) is 4.90 Å². The molecule has 1 aliphatic heterocycles. The zero-order valence-electron chi connectivity index (χ0n) is 9.57. The number of nitrogens with zero attached hydrogens (tertiary/aromatic N) is 1. The van der Waals surface area contributed by atoms with Crippen molar-refractivity contribution in [3.63, 3.8) is 0 Å². The van der Waals surface area contributed by atoms with Crippen LogP contribution in [0, 0.1) is 5.92 Å². The molecule has 2 rings (SSSR count). The van der Waals surface area contributed by atoms with Crippen LogP contribution >= 0.6 is 11.6 Å². The van der Waals surface area contributed by atoms with Crippen LogP contribution in [-0.2, 0) is 4.79 Å². The van der Waals surface area contributed by atoms with Crippen LogP contribution in [0.2, 0.25) is 0 Å². The molecule has 1 saturated carbocycles. The number of carbonyl (C=O) groups is 1. The summed E-state index contributed by atoms with van der Waals surface area (Å²) in [4.78, 5) is 13.1. The Labute approximate surface area is 102 Å². The van der Waals surface area contributed by atoms with Crippen molar-refractivity contribution >= 4 is 17.6 Å². The number of carboxylic acids is 1. The third kappa shape index (κ3) is 2.69. The lowest BCUT2D eigenvalue weighted by Crippen LogP contribution is -2.49. The molecular weight excluding hydrogens is 226 g/mol. The van der Waals surface area contributed by atoms with Gasteiger partial charge in [0.25, 0.3) is 0 Å². The SMILES string of the molecule is O=C(O)C(Cl)CN1CCC[C@H]2CCCC[C@H]21. The van der Waals surface area contributed by atoms with Crippen LogP contribution in [0.3, 0.4) is 0 Å². The average molecular weight is 246 g/mol. The minimum Gasteiger partial charge on any atom is -0.480 e. The molecule has 92 valence electrons. The summed E-state index contributed by atoms with van der Waals surface area (Å²) < 4.78 is 0. The van der Waals surface area contributed by atoms with Crippen molar-refractivity contribution in [2.24, 2.45) is 5.92 Å². The van der Waals surface area contributed by atoms with Gasteiger partial charge in [0.15, 0.2) is 0 Å². The van der Waals surface area contributed by atoms with Crippen molar-refractivity contribution in [2.45, 2.75) is 49.9 Å². The molecule has 3 nitrogen and oxygen atoms in total. The van der Waals surface area contributed by atoms with Crippen LogP contribution in [0.4, 0.5) is 0 Å². The van der Waals surface area contributed by atoms with Crippen LogP contribution in [0.5, 0.6) is 0 Å². The lowest BCUT2D eigenvalue weighted by Gasteiger charge is -2.44. The Morgan fingerprint density at radius 2 is 2.00 bits per heavy atom. The van der Waals surface area contributed by atoms with E-state index in [1.807, 2.05) is 0 Å². The first-order valence-corrected chi connectivity index (χ1v) is 6.73. The van der Waals surface area contributed by atoms with Gasteiger partial charge in [-0.05, 0) is 38.1 Å². The van der Waals surface area contributed by atoms with E-state index in [0.717, 1.165) is 12.5 Å². The third-order valence-corrected chi connectivity index (χ3v) is 4.35. The van der Waals surface area contributed by atoms with Gasteiger partial charge in [-0.25, -0.2) is 0 Å². The molecule has 1 saturated heterocycles. The maximum atomic E-state index is 10.8. The first-order valence-electron chi connectivity index (χ1n) is 6.29. The third-order valence-electron chi connectivity index (χ3n) is 4.02. The number of hydrogen-bond acceptors (Lipinski definition) is 2. The monoisotopic (exact) mass is 245 g/mol. The zero-order chi connectivity index (χ0) is 11.5. The minimum atomic E-state index is -0.889. The summed E-state index contributed by atoms with van der Waals surface area (Å²) in [5, 5.41) is 8.10. The summed E-state index contributed by atoms with van der Waals surface area (Å²) in [5.74, 6) is -0.0974. The molecule has 16 heavy (non-hydrogen) atoms. The van der Waals surface area contributed by atoms with E-state index in [2.05, 4.69) is 4.90 Å². The molecule has 3 atom stereocenters. The fourth-order valence-electron chi connectivity index (χ4n) is 3.24. The standard InChI is InChI=1S/C12H20ClNO2/c13-10(12(15)16)8-14-7-3-5-9-4-1-2-6-11(9)14/h9-11H,1-8H2,(H,15,16)/t9-,10?,11-/m1/s1. The van der Waals surface area contributed by atoms with Gasteiger partial charge in [-0.15, -0.1) is 11.6 Å². The van der Waals surface area contributed by atoms with Crippen molar-refractivity contribution in [2.75, 3.05) is 13.1 Å². The van der Waals surface area contributed by atoms with E-state index in [-0.39, 0.29) is 0 Å². The van der Waals surface area contributed by atoms with Crippen molar-refractivity contribution < 1.29 is 9.90 Å². The number of likely N-dealkylation sites (tertiary alicyclic amines) is 1. The second-order valence-corrected chi connectivity index (χ2v) is 5.58. The van der Waals surface area contributed by atoms with Gasteiger partial charge >= 0.3 is 5.97 Å². The van der Waals surface area contributed by atoms with Crippen LogP contribution < -0.4 is 0 Å². The Bertz CT molecular complexity index is 257. The summed E-state index contributed by atoms with van der Waals surface area (Å²) in [6, 6.07) is 0.600. The number of hydrogen-bond donors (Lipinski definition) is 1. The van der Waals surface area contributed by atoms with Crippen LogP contribution in [-0.4, -0.2) is 40.5 Å². The van der Waals surface area contributed by atoms with Gasteiger partial charge in [-0.1, -0.05) is 12.8 Å². The summed E-state index contributed by atoms with van der Waals surface area (Å²) in [5.41, 5.74) is 0. The Balaban J connectivity index is 1.94. The fraction of sp³-hybridized carbons (Fsp3) is 0.917. The van der Waals surface area contributed by atoms with Gasteiger partial charge in [0.2, 0.25) is 0 Å². The van der Waals surface area contributed by atoms with E-state index in [1.165, 1.54) is 38.5 Å². The van der Waals surface area contributed by atoms with E-state index in [9.17, 15) is 4.79 Å². The lowest BCUT2D eigenvalue weighted by molar-refractivity contribution is -0.137. The lowest BCUT2D eigenvalue weighted by atomic mass is 9.78. The zero-order valence-corrected chi connectivity index (χ0v) is 10.3. The number of alkyl halides is 1. The molecule has 0 aromatic heterocycles. The Morgan fingerprint density at radius 1 is 1.31 bits per heavy atom. The van der Waals surface area contributed by atoms with Crippen LogP contribution in [0.15, 0.2) is 0 Å². The van der Waals surface area contributed by atoms with Gasteiger partial charge in [0, 0.05) is 12.6 Å². The van der Waals surface area contributed by atoms with Crippen molar-refractivity contribution in [3.8, 4) is 0 Å². The second kappa shape index (κ2) is 5.37. The number of aliphatic carboxylic acids is 1. The topological polar surface area (TPSA) is 40.5 Å². The highest BCUT2D eigenvalue weighted by molar-refractivity contribution is 6.29. The number of carboxylic acid groups (broad SMARTS) is 1. The Hall–Kier alpha value is -0.280. The van der Waals surface area contributed by atoms with E-state index < -0.39 is 11.3 Å². The Morgan fingerprint density at radius 3 is 2.75 bits per heavy atom. The Kier molecular flexibility index (Phi) is 4.09. The molecule has 0 amide bonds. The van der Waals surface area contributed by atoms with E-state index in [0.29, 0.717) is 12.6 Å². The quantitative estimate of drug-likeness (QED) is 0.776. The van der Waals surface area contributed by atoms with Crippen LogP contribution in [0.1, 0.15) is 38.5 Å². The molecule has 4 heteroatoms. The smallest absolute Gasteiger partial charge is 0.322 e. The highest BCUT2D eigenvalue weighted by Crippen LogP contribution is 2.35. The highest BCUT2D eigenvalue weighted by atomic mass is 35.5. The molecule has 0 bridgehead atoms. The van der Waals surface area contributed by atoms with Crippen molar-refractivity contribution in [3.05, 3.63) is 0 Å². The molecule has 1 N–H and O–H groups in total. The number of piperidine rings is 1. The van der Waals surface area contributed by atoms with E-state index in [4.69, 9.17) is 16.7 Å². The predicted molar refractivity (Wildman–Crippen MR) is 63.8 cm³/mol. The van der Waals surface area contributed by atoms with Gasteiger partial charge in [-0.2, -0.15) is 0 Å². The minimum absolute atomic E-state index is 0.512. The molecule has 0 spiro atoms. The molecule has 0 aromatic carbocycles. The molecule has 0 aromatic rings. The molecule has 1 unspecified atom stereocenters. The number of halogens is 1. The number of rotatable bonds is 3. The average Bonchev–Trinajstić information content (AvgIpc) is 2.29. The molecule has 2 aliphatic rings. The maximum absolute atomic E-state index is 10.8. The van der Waals surface area contributed by atoms with Gasteiger partial charge in [-0.3, -0.25) is 9.69 Å². The second-order valence-electron chi connectivity index (χ2n) is 5.05. The van der Waals surface area contributed by atoms with Crippen molar-refractivity contribution in [1.29, 1.82) is 0 Å². The maximum Gasteiger partial charge on any atom is 0.322 e. The summed E-state index contributed by atoms with van der Waals surface area (Å²) in [6.07, 6.45) is 7.70. The highest BCUT2D eigenvalue weighted by Gasteiger charge is 2.34. The summed E-state index contributed by atoms with van der Waals surface area (Å²) in [6.45, 7) is 1.54. The number of fused-ring (bicyclic) bond motifs is 1. The van der Waals surface area contributed by atoms with Gasteiger partial charge < -0.3 is 5.11 Å². The first kappa shape index (κ1) is 12.2. The largest absolute Gasteiger partial charge is 0.480 e. The van der Waals surface area contributed by atoms with E-state index in [1.54, 1.807) is 0 Å². The predicted octanol–water partition coefficient (Wildman–Crippen LogP) is 2.33. The normalized spacial score (nSPS) is 33.1. The van der Waals surface area contributed by atoms with E-state index >= 15 is 0 Å². The van der Waals surface area contributed by atoms with Gasteiger partial charge in [0.1, 0.15) is 5.38 Å². The molecule has 0 radical (unpaired) electrons. The summed E-state index contributed by atoms with van der Waals surface area (Å²) in [7, 11) is 0. The summed E-state index contributed by atoms with van der Waals surface area (Å²) >= 11 is 5.84. The molecule has 1 heterocycles.